The number of thioether (sulfide) groups is 1. The van der Waals surface area contributed by atoms with Crippen LogP contribution < -0.4 is 23.2 Å². The van der Waals surface area contributed by atoms with Crippen molar-refractivity contribution in [1.82, 2.24) is 0 Å². The van der Waals surface area contributed by atoms with Crippen LogP contribution in [-0.2, 0) is 25.9 Å². The van der Waals surface area contributed by atoms with Gasteiger partial charge in [-0.25, -0.2) is 0 Å². The number of carboxylic acids is 1. The van der Waals surface area contributed by atoms with Crippen molar-refractivity contribution in [2.45, 2.75) is 19.4 Å². The zero-order valence-corrected chi connectivity index (χ0v) is 11.8. The van der Waals surface area contributed by atoms with Crippen molar-refractivity contribution in [3.8, 4) is 0 Å². The molecule has 0 fully saturated rings. The number of rotatable bonds is 5. The summed E-state index contributed by atoms with van der Waals surface area (Å²) in [6.45, 7) is 2.02. The van der Waals surface area contributed by atoms with E-state index in [1.165, 1.54) is 0 Å². The third-order valence-corrected chi connectivity index (χ3v) is 2.01. The molecule has 3 nitrogen and oxygen atoms in total. The van der Waals surface area contributed by atoms with Gasteiger partial charge in [0.05, 0.1) is 5.97 Å². The van der Waals surface area contributed by atoms with E-state index < -0.39 is 12.0 Å². The van der Waals surface area contributed by atoms with Crippen LogP contribution in [0, 0.1) is 0 Å². The minimum absolute atomic E-state index is 0. The number of carbonyl (C=O) groups excluding carboxylic acids is 1. The molecule has 0 saturated heterocycles. The first-order valence-corrected chi connectivity index (χ1v) is 4.38. The Hall–Kier alpha value is 1.05. The summed E-state index contributed by atoms with van der Waals surface area (Å²) < 4.78 is 0. The molecule has 0 aromatic heterocycles. The molecule has 0 aliphatic heterocycles. The fourth-order valence-electron chi connectivity index (χ4n) is 0.472. The molecule has 0 amide bonds. The first-order valence-electron chi connectivity index (χ1n) is 3.22. The van der Waals surface area contributed by atoms with E-state index in [9.17, 15) is 9.90 Å². The number of hydrogen-bond donors (Lipinski definition) is 1. The molecule has 0 aliphatic rings. The SMILES string of the molecule is CCSCCC(N)C(=O)[O-].Cl.[Cl-].[Pt+2]. The predicted octanol–water partition coefficient (Wildman–Crippen LogP) is -3.37. The second kappa shape index (κ2) is 15.5. The van der Waals surface area contributed by atoms with Gasteiger partial charge in [-0.1, -0.05) is 6.92 Å². The van der Waals surface area contributed by atoms with Gasteiger partial charge in [0, 0.05) is 6.04 Å². The Kier molecular flexibility index (Phi) is 28.3. The maximum absolute atomic E-state index is 10.0. The standard InChI is InChI=1S/C6H13NO2S.2ClH.Pt/c1-2-10-4-3-5(7)6(8)9;;;/h5H,2-4,7H2,1H3,(H,8,9);2*1H;/q;;;+2/p-2. The molecule has 13 heavy (non-hydrogen) atoms. The minimum atomic E-state index is -1.16. The number of carboxylic acid groups (broad SMARTS) is 1. The van der Waals surface area contributed by atoms with Crippen molar-refractivity contribution in [2.75, 3.05) is 11.5 Å². The molecule has 0 bridgehead atoms. The first-order chi connectivity index (χ1) is 4.68. The largest absolute Gasteiger partial charge is 2.00 e. The summed E-state index contributed by atoms with van der Waals surface area (Å²) in [5, 5.41) is 10.0. The topological polar surface area (TPSA) is 66.2 Å². The van der Waals surface area contributed by atoms with E-state index in [4.69, 9.17) is 5.73 Å². The molecule has 0 radical (unpaired) electrons. The number of nitrogens with two attached hydrogens (primary N) is 1. The average Bonchev–Trinajstić information content (AvgIpc) is 1.88. The van der Waals surface area contributed by atoms with Crippen molar-refractivity contribution in [2.24, 2.45) is 5.73 Å². The molecule has 1 atom stereocenters. The van der Waals surface area contributed by atoms with E-state index in [-0.39, 0.29) is 45.9 Å². The molecule has 0 rings (SSSR count). The van der Waals surface area contributed by atoms with Crippen LogP contribution in [0.2, 0.25) is 0 Å². The summed E-state index contributed by atoms with van der Waals surface area (Å²) in [4.78, 5) is 10.0. The van der Waals surface area contributed by atoms with Gasteiger partial charge in [-0.3, -0.25) is 0 Å². The van der Waals surface area contributed by atoms with Gasteiger partial charge in [-0.2, -0.15) is 11.8 Å². The Morgan fingerprint density at radius 3 is 2.38 bits per heavy atom. The number of aliphatic carboxylic acids is 1. The molecular weight excluding hydrogens is 416 g/mol. The Bertz CT molecular complexity index is 121. The van der Waals surface area contributed by atoms with Gasteiger partial charge in [-0.15, -0.1) is 12.4 Å². The molecule has 0 saturated carbocycles. The van der Waals surface area contributed by atoms with Crippen molar-refractivity contribution in [3.05, 3.63) is 0 Å². The van der Waals surface area contributed by atoms with Gasteiger partial charge >= 0.3 is 21.1 Å². The smallest absolute Gasteiger partial charge is 1.00 e. The summed E-state index contributed by atoms with van der Waals surface area (Å²) in [7, 11) is 0. The Balaban J connectivity index is -0.000000135. The fraction of sp³-hybridized carbons (Fsp3) is 0.833. The maximum atomic E-state index is 10.0. The van der Waals surface area contributed by atoms with Crippen molar-refractivity contribution >= 4 is 30.1 Å². The molecule has 0 aliphatic carbocycles. The van der Waals surface area contributed by atoms with Gasteiger partial charge in [0.15, 0.2) is 0 Å². The van der Waals surface area contributed by atoms with E-state index in [0.29, 0.717) is 6.42 Å². The van der Waals surface area contributed by atoms with Crippen LogP contribution >= 0.6 is 24.2 Å². The van der Waals surface area contributed by atoms with Crippen molar-refractivity contribution < 1.29 is 43.4 Å². The van der Waals surface area contributed by atoms with Crippen LogP contribution in [0.5, 0.6) is 0 Å². The number of halogens is 2. The molecule has 0 aromatic carbocycles. The van der Waals surface area contributed by atoms with Gasteiger partial charge < -0.3 is 28.0 Å². The number of hydrogen-bond acceptors (Lipinski definition) is 4. The van der Waals surface area contributed by atoms with Crippen LogP contribution in [-0.4, -0.2) is 23.5 Å². The van der Waals surface area contributed by atoms with E-state index in [1.807, 2.05) is 6.92 Å². The third-order valence-electron chi connectivity index (χ3n) is 1.08. The van der Waals surface area contributed by atoms with Crippen LogP contribution in [0.4, 0.5) is 0 Å². The van der Waals surface area contributed by atoms with Gasteiger partial charge in [0.2, 0.25) is 0 Å². The molecule has 7 heteroatoms. The monoisotopic (exact) mass is 428 g/mol. The summed E-state index contributed by atoms with van der Waals surface area (Å²) in [5.41, 5.74) is 5.18. The van der Waals surface area contributed by atoms with Gasteiger partial charge in [0.1, 0.15) is 0 Å². The molecular formula is C6H13Cl2NO2PtS. The molecule has 2 N–H and O–H groups in total. The van der Waals surface area contributed by atoms with Gasteiger partial charge in [0.25, 0.3) is 0 Å². The van der Waals surface area contributed by atoms with Gasteiger partial charge in [-0.05, 0) is 17.9 Å². The average molecular weight is 429 g/mol. The summed E-state index contributed by atoms with van der Waals surface area (Å²) in [5.74, 6) is 0.641. The number of carbonyl (C=O) groups is 1. The zero-order chi connectivity index (χ0) is 7.98. The van der Waals surface area contributed by atoms with E-state index in [2.05, 4.69) is 0 Å². The summed E-state index contributed by atoms with van der Waals surface area (Å²) in [6.07, 6.45) is 0.501. The Morgan fingerprint density at radius 2 is 2.08 bits per heavy atom. The maximum Gasteiger partial charge on any atom is 2.00 e. The minimum Gasteiger partial charge on any atom is -1.00 e. The van der Waals surface area contributed by atoms with E-state index in [1.54, 1.807) is 11.8 Å². The second-order valence-electron chi connectivity index (χ2n) is 1.91. The van der Waals surface area contributed by atoms with Crippen molar-refractivity contribution in [3.63, 3.8) is 0 Å². The molecule has 0 heterocycles. The van der Waals surface area contributed by atoms with E-state index >= 15 is 0 Å². The summed E-state index contributed by atoms with van der Waals surface area (Å²) in [6, 6.07) is -0.793. The normalized spacial score (nSPS) is 10.0. The molecule has 0 spiro atoms. The third kappa shape index (κ3) is 15.8. The first kappa shape index (κ1) is 23.7. The summed E-state index contributed by atoms with van der Waals surface area (Å²) >= 11 is 1.68. The van der Waals surface area contributed by atoms with Crippen LogP contribution in [0.3, 0.4) is 0 Å². The van der Waals surface area contributed by atoms with Crippen LogP contribution in [0.25, 0.3) is 0 Å². The van der Waals surface area contributed by atoms with Crippen LogP contribution in [0.1, 0.15) is 13.3 Å². The fourth-order valence-corrected chi connectivity index (χ4v) is 1.18. The molecule has 0 aromatic rings. The second-order valence-corrected chi connectivity index (χ2v) is 3.30. The quantitative estimate of drug-likeness (QED) is 0.464. The van der Waals surface area contributed by atoms with Crippen molar-refractivity contribution in [1.29, 1.82) is 0 Å². The molecule has 84 valence electrons. The molecule has 1 unspecified atom stereocenters. The Labute approximate surface area is 110 Å². The Morgan fingerprint density at radius 1 is 1.62 bits per heavy atom. The van der Waals surface area contributed by atoms with E-state index in [0.717, 1.165) is 11.5 Å². The van der Waals surface area contributed by atoms with Crippen LogP contribution in [0.15, 0.2) is 0 Å². The zero-order valence-electron chi connectivity index (χ0n) is 7.10. The predicted molar refractivity (Wildman–Crippen MR) is 47.8 cm³/mol.